The van der Waals surface area contributed by atoms with Gasteiger partial charge in [-0.1, -0.05) is 25.4 Å². The van der Waals surface area contributed by atoms with Crippen molar-refractivity contribution < 1.29 is 0 Å². The summed E-state index contributed by atoms with van der Waals surface area (Å²) in [4.78, 5) is 4.68. The molecule has 0 atom stereocenters. The largest absolute Gasteiger partial charge is 0.325 e. The maximum absolute atomic E-state index is 6.04. The van der Waals surface area contributed by atoms with Crippen LogP contribution in [0, 0.1) is 0 Å². The van der Waals surface area contributed by atoms with E-state index in [4.69, 9.17) is 11.6 Å². The molecule has 2 nitrogen and oxygen atoms in total. The fourth-order valence-electron chi connectivity index (χ4n) is 2.03. The van der Waals surface area contributed by atoms with E-state index in [0.29, 0.717) is 12.0 Å². The van der Waals surface area contributed by atoms with Gasteiger partial charge in [0.1, 0.15) is 5.82 Å². The van der Waals surface area contributed by atoms with Crippen LogP contribution in [0.15, 0.2) is 18.2 Å². The van der Waals surface area contributed by atoms with Gasteiger partial charge in [-0.05, 0) is 32.0 Å². The molecule has 0 bridgehead atoms. The van der Waals surface area contributed by atoms with Gasteiger partial charge >= 0.3 is 0 Å². The smallest absolute Gasteiger partial charge is 0.112 e. The van der Waals surface area contributed by atoms with Crippen LogP contribution in [0.3, 0.4) is 0 Å². The number of hydrogen-bond donors (Lipinski definition) is 0. The maximum Gasteiger partial charge on any atom is 0.112 e. The minimum atomic E-state index is 0.404. The zero-order chi connectivity index (χ0) is 11.9. The second-order valence-corrected chi connectivity index (χ2v) is 5.16. The van der Waals surface area contributed by atoms with Crippen LogP contribution >= 0.6 is 11.6 Å². The summed E-state index contributed by atoms with van der Waals surface area (Å²) < 4.78 is 2.27. The van der Waals surface area contributed by atoms with E-state index in [2.05, 4.69) is 37.2 Å². The van der Waals surface area contributed by atoms with Crippen LogP contribution in [0.1, 0.15) is 45.5 Å². The Bertz CT molecular complexity index is 512. The van der Waals surface area contributed by atoms with Crippen molar-refractivity contribution in [3.8, 4) is 0 Å². The molecule has 3 heteroatoms. The van der Waals surface area contributed by atoms with Gasteiger partial charge < -0.3 is 4.57 Å². The highest BCUT2D eigenvalue weighted by Gasteiger charge is 2.15. The van der Waals surface area contributed by atoms with Crippen LogP contribution in [0.5, 0.6) is 0 Å². The summed E-state index contributed by atoms with van der Waals surface area (Å²) in [6.45, 7) is 8.69. The average molecular weight is 237 g/mol. The number of imidazole rings is 1. The van der Waals surface area contributed by atoms with Crippen molar-refractivity contribution >= 4 is 22.6 Å². The van der Waals surface area contributed by atoms with Gasteiger partial charge in [-0.15, -0.1) is 0 Å². The SMILES string of the molecule is CC(C)c1nc2ccc(Cl)cc2n1C(C)C. The van der Waals surface area contributed by atoms with Crippen molar-refractivity contribution in [2.24, 2.45) is 0 Å². The van der Waals surface area contributed by atoms with E-state index in [1.165, 1.54) is 0 Å². The second-order valence-electron chi connectivity index (χ2n) is 4.72. The highest BCUT2D eigenvalue weighted by Crippen LogP contribution is 2.27. The van der Waals surface area contributed by atoms with Crippen LogP contribution < -0.4 is 0 Å². The Balaban J connectivity index is 2.77. The van der Waals surface area contributed by atoms with Crippen molar-refractivity contribution in [1.82, 2.24) is 9.55 Å². The van der Waals surface area contributed by atoms with Crippen LogP contribution in [-0.2, 0) is 0 Å². The van der Waals surface area contributed by atoms with Crippen LogP contribution in [-0.4, -0.2) is 9.55 Å². The van der Waals surface area contributed by atoms with Crippen molar-refractivity contribution in [3.63, 3.8) is 0 Å². The molecule has 0 aliphatic carbocycles. The van der Waals surface area contributed by atoms with Crippen molar-refractivity contribution in [2.45, 2.75) is 39.7 Å². The van der Waals surface area contributed by atoms with E-state index in [0.717, 1.165) is 21.9 Å². The summed E-state index contributed by atoms with van der Waals surface area (Å²) in [5.41, 5.74) is 2.16. The maximum atomic E-state index is 6.04. The molecule has 1 aromatic carbocycles. The lowest BCUT2D eigenvalue weighted by Gasteiger charge is -2.14. The molecule has 0 aliphatic heterocycles. The standard InChI is InChI=1S/C13H17ClN2/c1-8(2)13-15-11-6-5-10(14)7-12(11)16(13)9(3)4/h5-9H,1-4H3. The van der Waals surface area contributed by atoms with Gasteiger partial charge in [-0.2, -0.15) is 0 Å². The minimum absolute atomic E-state index is 0.404. The fourth-order valence-corrected chi connectivity index (χ4v) is 2.20. The molecule has 2 aromatic rings. The van der Waals surface area contributed by atoms with Gasteiger partial charge in [0.15, 0.2) is 0 Å². The first-order valence-corrected chi connectivity index (χ1v) is 6.06. The Morgan fingerprint density at radius 1 is 1.19 bits per heavy atom. The molecule has 16 heavy (non-hydrogen) atoms. The zero-order valence-electron chi connectivity index (χ0n) is 10.2. The van der Waals surface area contributed by atoms with E-state index < -0.39 is 0 Å². The van der Waals surface area contributed by atoms with Crippen LogP contribution in [0.2, 0.25) is 5.02 Å². The Kier molecular flexibility index (Phi) is 2.94. The fraction of sp³-hybridized carbons (Fsp3) is 0.462. The van der Waals surface area contributed by atoms with Gasteiger partial charge in [-0.25, -0.2) is 4.98 Å². The monoisotopic (exact) mass is 236 g/mol. The van der Waals surface area contributed by atoms with Gasteiger partial charge in [0.2, 0.25) is 0 Å². The first kappa shape index (κ1) is 11.5. The quantitative estimate of drug-likeness (QED) is 0.756. The molecule has 0 amide bonds. The lowest BCUT2D eigenvalue weighted by Crippen LogP contribution is -2.07. The average Bonchev–Trinajstić information content (AvgIpc) is 2.55. The van der Waals surface area contributed by atoms with E-state index in [1.54, 1.807) is 0 Å². The molecule has 1 aromatic heterocycles. The Labute approximate surface area is 101 Å². The van der Waals surface area contributed by atoms with Gasteiger partial charge in [0.25, 0.3) is 0 Å². The molecule has 2 rings (SSSR count). The number of nitrogens with zero attached hydrogens (tertiary/aromatic N) is 2. The van der Waals surface area contributed by atoms with Gasteiger partial charge in [0, 0.05) is 17.0 Å². The third kappa shape index (κ3) is 1.82. The molecular formula is C13H17ClN2. The van der Waals surface area contributed by atoms with Crippen molar-refractivity contribution in [2.75, 3.05) is 0 Å². The summed E-state index contributed by atoms with van der Waals surface area (Å²) >= 11 is 6.04. The van der Waals surface area contributed by atoms with Gasteiger partial charge in [0.05, 0.1) is 11.0 Å². The van der Waals surface area contributed by atoms with E-state index in [9.17, 15) is 0 Å². The van der Waals surface area contributed by atoms with Crippen molar-refractivity contribution in [1.29, 1.82) is 0 Å². The van der Waals surface area contributed by atoms with Crippen molar-refractivity contribution in [3.05, 3.63) is 29.0 Å². The summed E-state index contributed by atoms with van der Waals surface area (Å²) in [6.07, 6.45) is 0. The summed E-state index contributed by atoms with van der Waals surface area (Å²) in [5.74, 6) is 1.56. The Hall–Kier alpha value is -1.02. The molecule has 0 spiro atoms. The third-order valence-corrected chi connectivity index (χ3v) is 2.95. The first-order chi connectivity index (χ1) is 7.50. The molecule has 0 aliphatic rings. The topological polar surface area (TPSA) is 17.8 Å². The molecule has 0 N–H and O–H groups in total. The summed E-state index contributed by atoms with van der Waals surface area (Å²) in [5, 5.41) is 0.768. The predicted molar refractivity (Wildman–Crippen MR) is 69.2 cm³/mol. The molecule has 0 saturated carbocycles. The highest BCUT2D eigenvalue weighted by molar-refractivity contribution is 6.31. The third-order valence-electron chi connectivity index (χ3n) is 2.71. The molecule has 0 fully saturated rings. The molecule has 86 valence electrons. The minimum Gasteiger partial charge on any atom is -0.325 e. The molecule has 0 saturated heterocycles. The van der Waals surface area contributed by atoms with Crippen LogP contribution in [0.4, 0.5) is 0 Å². The molecule has 0 unspecified atom stereocenters. The lowest BCUT2D eigenvalue weighted by molar-refractivity contribution is 0.564. The molecule has 0 radical (unpaired) electrons. The van der Waals surface area contributed by atoms with Crippen LogP contribution in [0.25, 0.3) is 11.0 Å². The molecular weight excluding hydrogens is 220 g/mol. The number of fused-ring (bicyclic) bond motifs is 1. The number of rotatable bonds is 2. The second kappa shape index (κ2) is 4.10. The number of aromatic nitrogens is 2. The Morgan fingerprint density at radius 3 is 2.44 bits per heavy atom. The van der Waals surface area contributed by atoms with Gasteiger partial charge in [-0.3, -0.25) is 0 Å². The summed E-state index contributed by atoms with van der Waals surface area (Å²) in [7, 11) is 0. The number of halogens is 1. The molecule has 1 heterocycles. The summed E-state index contributed by atoms with van der Waals surface area (Å²) in [6, 6.07) is 6.28. The lowest BCUT2D eigenvalue weighted by atomic mass is 10.2. The van der Waals surface area contributed by atoms with E-state index in [1.807, 2.05) is 18.2 Å². The number of hydrogen-bond acceptors (Lipinski definition) is 1. The Morgan fingerprint density at radius 2 is 1.88 bits per heavy atom. The van der Waals surface area contributed by atoms with E-state index >= 15 is 0 Å². The highest BCUT2D eigenvalue weighted by atomic mass is 35.5. The predicted octanol–water partition coefficient (Wildman–Crippen LogP) is 4.39. The zero-order valence-corrected chi connectivity index (χ0v) is 10.9. The first-order valence-electron chi connectivity index (χ1n) is 5.68. The normalized spacial score (nSPS) is 11.9. The number of benzene rings is 1. The van der Waals surface area contributed by atoms with E-state index in [-0.39, 0.29) is 0 Å².